The third-order valence-corrected chi connectivity index (χ3v) is 3.24. The molecule has 4 heteroatoms. The molecule has 0 aliphatic rings. The molecule has 0 radical (unpaired) electrons. The van der Waals surface area contributed by atoms with Crippen molar-refractivity contribution in [2.75, 3.05) is 0 Å². The molecule has 1 unspecified atom stereocenters. The van der Waals surface area contributed by atoms with Crippen molar-refractivity contribution in [3.05, 3.63) is 58.5 Å². The van der Waals surface area contributed by atoms with Crippen LogP contribution in [0.2, 0.25) is 5.02 Å². The first kappa shape index (κ1) is 13.1. The van der Waals surface area contributed by atoms with Crippen LogP contribution in [0.15, 0.2) is 41.0 Å². The van der Waals surface area contributed by atoms with Gasteiger partial charge in [-0.15, -0.1) is 0 Å². The van der Waals surface area contributed by atoms with Crippen LogP contribution < -0.4 is 11.3 Å². The molecule has 0 fully saturated rings. The third kappa shape index (κ3) is 2.93. The summed E-state index contributed by atoms with van der Waals surface area (Å²) in [6.07, 6.45) is 3.34. The zero-order chi connectivity index (χ0) is 13.0. The molecule has 0 aliphatic carbocycles. The Balaban J connectivity index is 2.20. The molecule has 0 spiro atoms. The van der Waals surface area contributed by atoms with Crippen LogP contribution in [-0.2, 0) is 12.8 Å². The van der Waals surface area contributed by atoms with Crippen LogP contribution in [0.3, 0.4) is 0 Å². The lowest BCUT2D eigenvalue weighted by Crippen LogP contribution is -2.29. The molecule has 0 aliphatic heterocycles. The summed E-state index contributed by atoms with van der Waals surface area (Å²) in [7, 11) is 0. The molecule has 0 amide bonds. The van der Waals surface area contributed by atoms with Gasteiger partial charge in [-0.05, 0) is 30.2 Å². The average Bonchev–Trinajstić information content (AvgIpc) is 2.84. The van der Waals surface area contributed by atoms with E-state index in [4.69, 9.17) is 21.9 Å². The fourth-order valence-corrected chi connectivity index (χ4v) is 2.32. The number of hydrazine groups is 1. The second kappa shape index (κ2) is 6.05. The topological polar surface area (TPSA) is 51.2 Å². The summed E-state index contributed by atoms with van der Waals surface area (Å²) in [6, 6.07) is 9.82. The number of nitrogens with one attached hydrogen (secondary N) is 1. The number of nitrogens with two attached hydrogens (primary N) is 1. The predicted octanol–water partition coefficient (Wildman–Crippen LogP) is 3.24. The van der Waals surface area contributed by atoms with Gasteiger partial charge in [0.05, 0.1) is 12.3 Å². The molecular weight excluding hydrogens is 248 g/mol. The van der Waals surface area contributed by atoms with Crippen LogP contribution in [-0.4, -0.2) is 0 Å². The maximum absolute atomic E-state index is 5.98. The monoisotopic (exact) mass is 264 g/mol. The van der Waals surface area contributed by atoms with E-state index in [9.17, 15) is 0 Å². The number of benzene rings is 1. The van der Waals surface area contributed by atoms with Crippen molar-refractivity contribution >= 4 is 11.6 Å². The first-order valence-corrected chi connectivity index (χ1v) is 6.39. The van der Waals surface area contributed by atoms with Gasteiger partial charge in [-0.25, -0.2) is 0 Å². The highest BCUT2D eigenvalue weighted by Crippen LogP contribution is 2.24. The minimum atomic E-state index is 0.0390. The van der Waals surface area contributed by atoms with Crippen molar-refractivity contribution in [3.8, 4) is 0 Å². The second-order valence-corrected chi connectivity index (χ2v) is 4.64. The molecule has 3 N–H and O–H groups in total. The molecule has 0 bridgehead atoms. The van der Waals surface area contributed by atoms with Crippen LogP contribution >= 0.6 is 11.6 Å². The summed E-state index contributed by atoms with van der Waals surface area (Å²) in [5, 5.41) is 0.742. The lowest BCUT2D eigenvalue weighted by molar-refractivity contribution is 0.487. The smallest absolute Gasteiger partial charge is 0.108 e. The largest absolute Gasteiger partial charge is 0.469 e. The van der Waals surface area contributed by atoms with Gasteiger partial charge in [0.2, 0.25) is 0 Å². The van der Waals surface area contributed by atoms with E-state index in [1.54, 1.807) is 6.26 Å². The molecule has 1 aromatic heterocycles. The Labute approximate surface area is 112 Å². The Morgan fingerprint density at radius 2 is 2.22 bits per heavy atom. The predicted molar refractivity (Wildman–Crippen MR) is 73.3 cm³/mol. The van der Waals surface area contributed by atoms with Crippen molar-refractivity contribution in [2.24, 2.45) is 5.84 Å². The lowest BCUT2D eigenvalue weighted by Gasteiger charge is -2.16. The van der Waals surface area contributed by atoms with Crippen LogP contribution in [0, 0.1) is 0 Å². The van der Waals surface area contributed by atoms with Crippen molar-refractivity contribution in [1.29, 1.82) is 0 Å². The number of rotatable bonds is 5. The van der Waals surface area contributed by atoms with Gasteiger partial charge in [0.15, 0.2) is 0 Å². The molecule has 0 saturated carbocycles. The van der Waals surface area contributed by atoms with E-state index in [2.05, 4.69) is 12.3 Å². The zero-order valence-corrected chi connectivity index (χ0v) is 11.1. The number of aryl methyl sites for hydroxylation is 1. The number of hydrogen-bond donors (Lipinski definition) is 2. The minimum absolute atomic E-state index is 0.0390. The summed E-state index contributed by atoms with van der Waals surface area (Å²) in [5.41, 5.74) is 5.10. The van der Waals surface area contributed by atoms with Gasteiger partial charge in [0.25, 0.3) is 0 Å². The summed E-state index contributed by atoms with van der Waals surface area (Å²) in [4.78, 5) is 0. The Morgan fingerprint density at radius 1 is 1.39 bits per heavy atom. The van der Waals surface area contributed by atoms with E-state index in [1.807, 2.05) is 30.3 Å². The van der Waals surface area contributed by atoms with E-state index in [1.165, 1.54) is 0 Å². The first-order valence-electron chi connectivity index (χ1n) is 6.01. The summed E-state index contributed by atoms with van der Waals surface area (Å²) < 4.78 is 5.44. The van der Waals surface area contributed by atoms with Crippen molar-refractivity contribution in [3.63, 3.8) is 0 Å². The second-order valence-electron chi connectivity index (χ2n) is 4.21. The van der Waals surface area contributed by atoms with Crippen LogP contribution in [0.4, 0.5) is 0 Å². The van der Waals surface area contributed by atoms with E-state index in [0.717, 1.165) is 34.8 Å². The Morgan fingerprint density at radius 3 is 2.89 bits per heavy atom. The van der Waals surface area contributed by atoms with Crippen molar-refractivity contribution in [1.82, 2.24) is 5.43 Å². The molecule has 2 aromatic rings. The maximum atomic E-state index is 5.98. The van der Waals surface area contributed by atoms with Gasteiger partial charge in [-0.2, -0.15) is 0 Å². The highest BCUT2D eigenvalue weighted by Gasteiger charge is 2.16. The molecule has 0 saturated heterocycles. The van der Waals surface area contributed by atoms with Crippen molar-refractivity contribution in [2.45, 2.75) is 25.8 Å². The van der Waals surface area contributed by atoms with Gasteiger partial charge in [-0.3, -0.25) is 11.3 Å². The maximum Gasteiger partial charge on any atom is 0.108 e. The summed E-state index contributed by atoms with van der Waals surface area (Å²) in [6.45, 7) is 2.06. The number of hydrogen-bond acceptors (Lipinski definition) is 3. The Bertz CT molecular complexity index is 510. The van der Waals surface area contributed by atoms with E-state index in [0.29, 0.717) is 0 Å². The van der Waals surface area contributed by atoms with Gasteiger partial charge in [0, 0.05) is 17.0 Å². The van der Waals surface area contributed by atoms with E-state index < -0.39 is 0 Å². The van der Waals surface area contributed by atoms with Gasteiger partial charge in [-0.1, -0.05) is 30.7 Å². The van der Waals surface area contributed by atoms with Gasteiger partial charge >= 0.3 is 0 Å². The Kier molecular flexibility index (Phi) is 4.42. The van der Waals surface area contributed by atoms with E-state index in [-0.39, 0.29) is 6.04 Å². The molecule has 18 heavy (non-hydrogen) atoms. The zero-order valence-electron chi connectivity index (χ0n) is 10.3. The first-order chi connectivity index (χ1) is 8.74. The summed E-state index contributed by atoms with van der Waals surface area (Å²) in [5.74, 6) is 6.62. The lowest BCUT2D eigenvalue weighted by atomic mass is 9.99. The summed E-state index contributed by atoms with van der Waals surface area (Å²) >= 11 is 5.98. The third-order valence-electron chi connectivity index (χ3n) is 3.01. The molecule has 1 heterocycles. The van der Waals surface area contributed by atoms with Crippen LogP contribution in [0.1, 0.15) is 29.9 Å². The van der Waals surface area contributed by atoms with Crippen molar-refractivity contribution < 1.29 is 4.42 Å². The SMILES string of the molecule is CCc1occc1C(Cc1cccc(Cl)c1)NN. The van der Waals surface area contributed by atoms with Gasteiger partial charge in [0.1, 0.15) is 5.76 Å². The minimum Gasteiger partial charge on any atom is -0.469 e. The molecule has 96 valence electrons. The standard InChI is InChI=1S/C14H17ClN2O/c1-2-14-12(6-7-18-14)13(17-16)9-10-4-3-5-11(15)8-10/h3-8,13,17H,2,9,16H2,1H3. The van der Waals surface area contributed by atoms with E-state index >= 15 is 0 Å². The molecular formula is C14H17ClN2O. The Hall–Kier alpha value is -1.29. The number of furan rings is 1. The van der Waals surface area contributed by atoms with Crippen LogP contribution in [0.5, 0.6) is 0 Å². The average molecular weight is 265 g/mol. The molecule has 3 nitrogen and oxygen atoms in total. The van der Waals surface area contributed by atoms with Gasteiger partial charge < -0.3 is 4.42 Å². The highest BCUT2D eigenvalue weighted by atomic mass is 35.5. The van der Waals surface area contributed by atoms with Crippen LogP contribution in [0.25, 0.3) is 0 Å². The highest BCUT2D eigenvalue weighted by molar-refractivity contribution is 6.30. The molecule has 1 atom stereocenters. The fraction of sp³-hybridized carbons (Fsp3) is 0.286. The normalized spacial score (nSPS) is 12.6. The molecule has 2 rings (SSSR count). The fourth-order valence-electron chi connectivity index (χ4n) is 2.11. The quantitative estimate of drug-likeness (QED) is 0.644. The number of halogens is 1. The molecule has 1 aromatic carbocycles.